The van der Waals surface area contributed by atoms with Gasteiger partial charge in [-0.3, -0.25) is 4.90 Å². The summed E-state index contributed by atoms with van der Waals surface area (Å²) in [6, 6.07) is 6.02. The second kappa shape index (κ2) is 9.66. The van der Waals surface area contributed by atoms with E-state index >= 15 is 0 Å². The highest BCUT2D eigenvalue weighted by Crippen LogP contribution is 2.28. The Morgan fingerprint density at radius 2 is 2.00 bits per heavy atom. The van der Waals surface area contributed by atoms with Crippen LogP contribution in [-0.2, 0) is 0 Å². The van der Waals surface area contributed by atoms with Gasteiger partial charge in [0.1, 0.15) is 6.61 Å². The van der Waals surface area contributed by atoms with Crippen molar-refractivity contribution in [2.75, 3.05) is 46.4 Å². The molecule has 0 unspecified atom stereocenters. The molecule has 1 aromatic carbocycles. The van der Waals surface area contributed by atoms with Crippen molar-refractivity contribution in [2.45, 2.75) is 6.92 Å². The van der Waals surface area contributed by atoms with Gasteiger partial charge >= 0.3 is 0 Å². The third-order valence-corrected chi connectivity index (χ3v) is 3.42. The van der Waals surface area contributed by atoms with Crippen molar-refractivity contribution in [2.24, 2.45) is 0 Å². The molecule has 0 aliphatic carbocycles. The van der Waals surface area contributed by atoms with Crippen LogP contribution >= 0.6 is 12.4 Å². The third-order valence-electron chi connectivity index (χ3n) is 3.42. The third kappa shape index (κ3) is 5.58. The predicted molar refractivity (Wildman–Crippen MR) is 89.8 cm³/mol. The molecule has 1 heterocycles. The summed E-state index contributed by atoms with van der Waals surface area (Å²) in [6.45, 7) is 8.00. The minimum atomic E-state index is 0. The number of hydrogen-bond donors (Lipinski definition) is 1. The van der Waals surface area contributed by atoms with Crippen LogP contribution in [-0.4, -0.2) is 51.3 Å². The molecule has 1 aromatic rings. The SMILES string of the molecule is C/C=C/c1ccc(OCCN2CCNCC2)c(OC)c1.Cl. The maximum atomic E-state index is 5.85. The fourth-order valence-corrected chi connectivity index (χ4v) is 2.32. The molecule has 0 atom stereocenters. The maximum Gasteiger partial charge on any atom is 0.161 e. The Balaban J connectivity index is 0.00000220. The molecule has 4 nitrogen and oxygen atoms in total. The van der Waals surface area contributed by atoms with E-state index in [-0.39, 0.29) is 12.4 Å². The molecule has 0 amide bonds. The van der Waals surface area contributed by atoms with Crippen molar-refractivity contribution in [3.05, 3.63) is 29.8 Å². The molecule has 0 aromatic heterocycles. The molecule has 118 valence electrons. The summed E-state index contributed by atoms with van der Waals surface area (Å²) in [5.41, 5.74) is 1.12. The maximum absolute atomic E-state index is 5.85. The fourth-order valence-electron chi connectivity index (χ4n) is 2.32. The van der Waals surface area contributed by atoms with E-state index in [2.05, 4.69) is 10.2 Å². The summed E-state index contributed by atoms with van der Waals surface area (Å²) >= 11 is 0. The Morgan fingerprint density at radius 3 is 2.67 bits per heavy atom. The lowest BCUT2D eigenvalue weighted by Crippen LogP contribution is -2.44. The Kier molecular flexibility index (Phi) is 8.20. The number of nitrogens with zero attached hydrogens (tertiary/aromatic N) is 1. The number of piperazine rings is 1. The molecule has 21 heavy (non-hydrogen) atoms. The number of halogens is 1. The smallest absolute Gasteiger partial charge is 0.161 e. The van der Waals surface area contributed by atoms with Gasteiger partial charge in [-0.05, 0) is 24.6 Å². The van der Waals surface area contributed by atoms with Crippen LogP contribution in [0.5, 0.6) is 11.5 Å². The van der Waals surface area contributed by atoms with Gasteiger partial charge in [-0.2, -0.15) is 0 Å². The summed E-state index contributed by atoms with van der Waals surface area (Å²) in [6.07, 6.45) is 4.06. The molecular weight excluding hydrogens is 288 g/mol. The number of hydrogen-bond acceptors (Lipinski definition) is 4. The zero-order valence-corrected chi connectivity index (χ0v) is 13.6. The first-order valence-electron chi connectivity index (χ1n) is 7.20. The monoisotopic (exact) mass is 312 g/mol. The molecule has 1 aliphatic rings. The van der Waals surface area contributed by atoms with Crippen LogP contribution in [0.25, 0.3) is 6.08 Å². The minimum absolute atomic E-state index is 0. The second-order valence-electron chi connectivity index (χ2n) is 4.85. The summed E-state index contributed by atoms with van der Waals surface area (Å²) < 4.78 is 11.2. The number of rotatable bonds is 6. The van der Waals surface area contributed by atoms with Crippen LogP contribution < -0.4 is 14.8 Å². The number of methoxy groups -OCH3 is 1. The molecule has 0 saturated carbocycles. The highest BCUT2D eigenvalue weighted by molar-refractivity contribution is 5.85. The van der Waals surface area contributed by atoms with E-state index in [9.17, 15) is 0 Å². The molecule has 0 spiro atoms. The molecule has 1 fully saturated rings. The van der Waals surface area contributed by atoms with Crippen molar-refractivity contribution in [1.29, 1.82) is 0 Å². The molecule has 1 saturated heterocycles. The van der Waals surface area contributed by atoms with E-state index in [1.54, 1.807) is 7.11 Å². The quantitative estimate of drug-likeness (QED) is 0.875. The van der Waals surface area contributed by atoms with Crippen molar-refractivity contribution in [3.63, 3.8) is 0 Å². The van der Waals surface area contributed by atoms with Crippen LogP contribution in [0.15, 0.2) is 24.3 Å². The van der Waals surface area contributed by atoms with Crippen LogP contribution in [0.4, 0.5) is 0 Å². The summed E-state index contributed by atoms with van der Waals surface area (Å²) in [5.74, 6) is 1.61. The average Bonchev–Trinajstić information content (AvgIpc) is 2.50. The van der Waals surface area contributed by atoms with E-state index < -0.39 is 0 Å². The molecule has 5 heteroatoms. The van der Waals surface area contributed by atoms with Crippen LogP contribution in [0.3, 0.4) is 0 Å². The van der Waals surface area contributed by atoms with Crippen LogP contribution in [0.1, 0.15) is 12.5 Å². The van der Waals surface area contributed by atoms with Gasteiger partial charge in [0.2, 0.25) is 0 Å². The number of benzene rings is 1. The zero-order chi connectivity index (χ0) is 14.2. The average molecular weight is 313 g/mol. The second-order valence-corrected chi connectivity index (χ2v) is 4.85. The van der Waals surface area contributed by atoms with E-state index in [0.29, 0.717) is 6.61 Å². The minimum Gasteiger partial charge on any atom is -0.493 e. The Morgan fingerprint density at radius 1 is 1.24 bits per heavy atom. The largest absolute Gasteiger partial charge is 0.493 e. The molecular formula is C16H25ClN2O2. The topological polar surface area (TPSA) is 33.7 Å². The highest BCUT2D eigenvalue weighted by atomic mass is 35.5. The summed E-state index contributed by atoms with van der Waals surface area (Å²) in [7, 11) is 1.68. The Labute approximate surface area is 133 Å². The zero-order valence-electron chi connectivity index (χ0n) is 12.8. The van der Waals surface area contributed by atoms with E-state index in [4.69, 9.17) is 9.47 Å². The fraction of sp³-hybridized carbons (Fsp3) is 0.500. The normalized spacial score (nSPS) is 15.7. The number of ether oxygens (including phenoxy) is 2. The summed E-state index contributed by atoms with van der Waals surface area (Å²) in [4.78, 5) is 2.41. The van der Waals surface area contributed by atoms with Gasteiger partial charge in [-0.25, -0.2) is 0 Å². The first-order valence-corrected chi connectivity index (χ1v) is 7.20. The Hall–Kier alpha value is -1.23. The Bertz CT molecular complexity index is 446. The number of allylic oxidation sites excluding steroid dienone is 1. The molecule has 2 rings (SSSR count). The van der Waals surface area contributed by atoms with Crippen molar-refractivity contribution >= 4 is 18.5 Å². The van der Waals surface area contributed by atoms with Crippen molar-refractivity contribution < 1.29 is 9.47 Å². The first kappa shape index (κ1) is 17.8. The van der Waals surface area contributed by atoms with Crippen LogP contribution in [0.2, 0.25) is 0 Å². The number of nitrogens with one attached hydrogen (secondary N) is 1. The van der Waals surface area contributed by atoms with Gasteiger partial charge < -0.3 is 14.8 Å². The van der Waals surface area contributed by atoms with Gasteiger partial charge in [0.25, 0.3) is 0 Å². The van der Waals surface area contributed by atoms with Gasteiger partial charge in [0, 0.05) is 32.7 Å². The molecule has 0 bridgehead atoms. The van der Waals surface area contributed by atoms with E-state index in [0.717, 1.165) is 49.8 Å². The van der Waals surface area contributed by atoms with Gasteiger partial charge in [-0.1, -0.05) is 18.2 Å². The lowest BCUT2D eigenvalue weighted by atomic mass is 10.2. The highest BCUT2D eigenvalue weighted by Gasteiger charge is 2.10. The van der Waals surface area contributed by atoms with E-state index in [1.165, 1.54) is 0 Å². The lowest BCUT2D eigenvalue weighted by molar-refractivity contribution is 0.188. The molecule has 1 N–H and O–H groups in total. The molecule has 1 aliphatic heterocycles. The first-order chi connectivity index (χ1) is 9.83. The van der Waals surface area contributed by atoms with Gasteiger partial charge in [0.15, 0.2) is 11.5 Å². The van der Waals surface area contributed by atoms with E-state index in [1.807, 2.05) is 37.3 Å². The van der Waals surface area contributed by atoms with Gasteiger partial charge in [0.05, 0.1) is 7.11 Å². The standard InChI is InChI=1S/C16H24N2O2.ClH/c1-3-4-14-5-6-15(16(13-14)19-2)20-12-11-18-9-7-17-8-10-18;/h3-6,13,17H,7-12H2,1-2H3;1H/b4-3+;. The summed E-state index contributed by atoms with van der Waals surface area (Å²) in [5, 5.41) is 3.35. The predicted octanol–water partition coefficient (Wildman–Crippen LogP) is 2.43. The van der Waals surface area contributed by atoms with Crippen molar-refractivity contribution in [1.82, 2.24) is 10.2 Å². The van der Waals surface area contributed by atoms with Gasteiger partial charge in [-0.15, -0.1) is 12.4 Å². The van der Waals surface area contributed by atoms with Crippen molar-refractivity contribution in [3.8, 4) is 11.5 Å². The molecule has 0 radical (unpaired) electrons. The lowest BCUT2D eigenvalue weighted by Gasteiger charge is -2.27. The van der Waals surface area contributed by atoms with Crippen LogP contribution in [0, 0.1) is 0 Å².